The SMILES string of the molecule is CCCn1c(=O)c2c(nc3n2C(C)C(C)=NN3CCOC)n(C)c1=O. The Bertz CT molecular complexity index is 951. The van der Waals surface area contributed by atoms with Crippen molar-refractivity contribution in [2.75, 3.05) is 25.3 Å². The predicted octanol–water partition coefficient (Wildman–Crippen LogP) is 0.710. The molecule has 0 amide bonds. The lowest BCUT2D eigenvalue weighted by Crippen LogP contribution is -2.40. The van der Waals surface area contributed by atoms with E-state index in [0.29, 0.717) is 43.2 Å². The number of fused-ring (bicyclic) bond motifs is 3. The smallest absolute Gasteiger partial charge is 0.332 e. The molecule has 0 bridgehead atoms. The second-order valence-electron chi connectivity index (χ2n) is 6.29. The minimum absolute atomic E-state index is 0.112. The number of nitrogens with zero attached hydrogens (tertiary/aromatic N) is 6. The van der Waals surface area contributed by atoms with Crippen molar-refractivity contribution in [2.45, 2.75) is 39.8 Å². The summed E-state index contributed by atoms with van der Waals surface area (Å²) in [5.74, 6) is 0.562. The first-order chi connectivity index (χ1) is 11.9. The van der Waals surface area contributed by atoms with Crippen LogP contribution in [0.1, 0.15) is 33.2 Å². The predicted molar refractivity (Wildman–Crippen MR) is 96.6 cm³/mol. The highest BCUT2D eigenvalue weighted by Crippen LogP contribution is 2.29. The van der Waals surface area contributed by atoms with Crippen molar-refractivity contribution >= 4 is 22.8 Å². The summed E-state index contributed by atoms with van der Waals surface area (Å²) in [4.78, 5) is 30.1. The minimum atomic E-state index is -0.344. The van der Waals surface area contributed by atoms with Crippen molar-refractivity contribution in [3.63, 3.8) is 0 Å². The van der Waals surface area contributed by atoms with Gasteiger partial charge in [-0.1, -0.05) is 6.92 Å². The molecule has 3 heterocycles. The van der Waals surface area contributed by atoms with Crippen molar-refractivity contribution in [2.24, 2.45) is 12.1 Å². The molecule has 0 radical (unpaired) electrons. The number of ether oxygens (including phenoxy) is 1. The first kappa shape index (κ1) is 17.4. The highest BCUT2D eigenvalue weighted by atomic mass is 16.5. The zero-order chi connectivity index (χ0) is 18.3. The fourth-order valence-corrected chi connectivity index (χ4v) is 3.13. The molecule has 136 valence electrons. The molecular formula is C16H24N6O3. The first-order valence-corrected chi connectivity index (χ1v) is 8.45. The normalized spacial score (nSPS) is 17.1. The second kappa shape index (κ2) is 6.47. The summed E-state index contributed by atoms with van der Waals surface area (Å²) in [5.41, 5.74) is 1.06. The van der Waals surface area contributed by atoms with Crippen LogP contribution in [-0.2, 0) is 18.3 Å². The zero-order valence-electron chi connectivity index (χ0n) is 15.3. The van der Waals surface area contributed by atoms with Crippen LogP contribution in [0.4, 0.5) is 5.95 Å². The van der Waals surface area contributed by atoms with Crippen LogP contribution in [0.25, 0.3) is 11.2 Å². The lowest BCUT2D eigenvalue weighted by Gasteiger charge is -2.28. The maximum absolute atomic E-state index is 13.0. The third kappa shape index (κ3) is 2.58. The van der Waals surface area contributed by atoms with Crippen LogP contribution in [0.3, 0.4) is 0 Å². The number of rotatable bonds is 5. The van der Waals surface area contributed by atoms with Crippen LogP contribution < -0.4 is 16.3 Å². The monoisotopic (exact) mass is 348 g/mol. The van der Waals surface area contributed by atoms with E-state index in [0.717, 1.165) is 5.71 Å². The van der Waals surface area contributed by atoms with E-state index in [1.165, 1.54) is 9.13 Å². The number of hydrogen-bond donors (Lipinski definition) is 0. The Kier molecular flexibility index (Phi) is 4.51. The summed E-state index contributed by atoms with van der Waals surface area (Å²) in [6, 6.07) is -0.112. The fraction of sp³-hybridized carbons (Fsp3) is 0.625. The second-order valence-corrected chi connectivity index (χ2v) is 6.29. The number of hydrazone groups is 1. The molecule has 1 unspecified atom stereocenters. The van der Waals surface area contributed by atoms with Crippen LogP contribution >= 0.6 is 0 Å². The van der Waals surface area contributed by atoms with Gasteiger partial charge < -0.3 is 4.74 Å². The Balaban J connectivity index is 2.34. The van der Waals surface area contributed by atoms with Gasteiger partial charge in [0, 0.05) is 20.7 Å². The highest BCUT2D eigenvalue weighted by Gasteiger charge is 2.30. The van der Waals surface area contributed by atoms with Gasteiger partial charge in [0.15, 0.2) is 11.2 Å². The van der Waals surface area contributed by atoms with Crippen LogP contribution in [0.15, 0.2) is 14.7 Å². The van der Waals surface area contributed by atoms with E-state index in [1.807, 2.05) is 25.3 Å². The summed E-state index contributed by atoms with van der Waals surface area (Å²) in [7, 11) is 3.27. The summed E-state index contributed by atoms with van der Waals surface area (Å²) in [6.07, 6.45) is 0.706. The number of aromatic nitrogens is 4. The standard InChI is InChI=1S/C16H24N6O3/c1-6-7-20-14(23)12-13(19(4)16(20)24)17-15-21(8-9-25-5)18-10(2)11(3)22(12)15/h11H,6-9H2,1-5H3. The molecule has 0 saturated heterocycles. The van der Waals surface area contributed by atoms with E-state index in [9.17, 15) is 9.59 Å². The zero-order valence-corrected chi connectivity index (χ0v) is 15.3. The Labute approximate surface area is 145 Å². The molecule has 1 atom stereocenters. The van der Waals surface area contributed by atoms with Crippen LogP contribution in [0, 0.1) is 0 Å². The summed E-state index contributed by atoms with van der Waals surface area (Å²) >= 11 is 0. The van der Waals surface area contributed by atoms with Gasteiger partial charge in [-0.2, -0.15) is 10.1 Å². The molecule has 0 N–H and O–H groups in total. The fourth-order valence-electron chi connectivity index (χ4n) is 3.13. The molecule has 0 saturated carbocycles. The van der Waals surface area contributed by atoms with Gasteiger partial charge in [0.2, 0.25) is 5.95 Å². The average molecular weight is 348 g/mol. The summed E-state index contributed by atoms with van der Waals surface area (Å²) < 4.78 is 9.74. The van der Waals surface area contributed by atoms with Crippen molar-refractivity contribution in [1.82, 2.24) is 18.7 Å². The van der Waals surface area contributed by atoms with Crippen LogP contribution in [0.2, 0.25) is 0 Å². The van der Waals surface area contributed by atoms with Crippen molar-refractivity contribution in [1.29, 1.82) is 0 Å². The van der Waals surface area contributed by atoms with Crippen LogP contribution in [-0.4, -0.2) is 44.7 Å². The van der Waals surface area contributed by atoms with E-state index in [2.05, 4.69) is 10.1 Å². The molecule has 1 aliphatic rings. The Hall–Kier alpha value is -2.42. The summed E-state index contributed by atoms with van der Waals surface area (Å²) in [6.45, 7) is 7.22. The first-order valence-electron chi connectivity index (χ1n) is 8.45. The molecule has 9 nitrogen and oxygen atoms in total. The highest BCUT2D eigenvalue weighted by molar-refractivity contribution is 5.91. The maximum Gasteiger partial charge on any atom is 0.332 e. The number of aryl methyl sites for hydroxylation is 1. The van der Waals surface area contributed by atoms with Crippen molar-refractivity contribution < 1.29 is 4.74 Å². The topological polar surface area (TPSA) is 86.7 Å². The largest absolute Gasteiger partial charge is 0.383 e. The van der Waals surface area contributed by atoms with E-state index in [-0.39, 0.29) is 17.3 Å². The molecule has 2 aromatic rings. The molecule has 0 aromatic carbocycles. The molecule has 0 fully saturated rings. The molecule has 0 spiro atoms. The van der Waals surface area contributed by atoms with Gasteiger partial charge in [0.25, 0.3) is 5.56 Å². The van der Waals surface area contributed by atoms with Gasteiger partial charge >= 0.3 is 5.69 Å². The number of imidazole rings is 1. The Morgan fingerprint density at radius 2 is 1.96 bits per heavy atom. The Morgan fingerprint density at radius 3 is 2.60 bits per heavy atom. The van der Waals surface area contributed by atoms with Gasteiger partial charge in [-0.3, -0.25) is 18.5 Å². The molecule has 2 aromatic heterocycles. The van der Waals surface area contributed by atoms with Crippen molar-refractivity contribution in [3.05, 3.63) is 20.8 Å². The molecule has 1 aliphatic heterocycles. The molecule has 9 heteroatoms. The van der Waals surface area contributed by atoms with Gasteiger partial charge in [-0.05, 0) is 20.3 Å². The lowest BCUT2D eigenvalue weighted by atomic mass is 10.2. The number of anilines is 1. The lowest BCUT2D eigenvalue weighted by molar-refractivity contribution is 0.204. The number of hydrogen-bond acceptors (Lipinski definition) is 6. The van der Waals surface area contributed by atoms with E-state index < -0.39 is 0 Å². The van der Waals surface area contributed by atoms with E-state index >= 15 is 0 Å². The molecule has 3 rings (SSSR count). The van der Waals surface area contributed by atoms with E-state index in [1.54, 1.807) is 19.2 Å². The minimum Gasteiger partial charge on any atom is -0.383 e. The quantitative estimate of drug-likeness (QED) is 0.794. The number of methoxy groups -OCH3 is 1. The third-order valence-corrected chi connectivity index (χ3v) is 4.61. The van der Waals surface area contributed by atoms with Crippen LogP contribution in [0.5, 0.6) is 0 Å². The molecule has 0 aliphatic carbocycles. The average Bonchev–Trinajstić information content (AvgIpc) is 3.00. The van der Waals surface area contributed by atoms with E-state index in [4.69, 9.17) is 4.74 Å². The van der Waals surface area contributed by atoms with Crippen molar-refractivity contribution in [3.8, 4) is 0 Å². The third-order valence-electron chi connectivity index (χ3n) is 4.61. The summed E-state index contributed by atoms with van der Waals surface area (Å²) in [5, 5.41) is 6.30. The molecular weight excluding hydrogens is 324 g/mol. The van der Waals surface area contributed by atoms with Gasteiger partial charge in [-0.25, -0.2) is 9.80 Å². The maximum atomic E-state index is 13.0. The van der Waals surface area contributed by atoms with Gasteiger partial charge in [-0.15, -0.1) is 0 Å². The molecule has 25 heavy (non-hydrogen) atoms. The van der Waals surface area contributed by atoms with Gasteiger partial charge in [0.1, 0.15) is 0 Å². The Morgan fingerprint density at radius 1 is 1.24 bits per heavy atom. The van der Waals surface area contributed by atoms with Gasteiger partial charge in [0.05, 0.1) is 24.9 Å².